The number of piperazine rings is 1. The molecule has 1 heterocycles. The lowest BCUT2D eigenvalue weighted by atomic mass is 10.2. The lowest BCUT2D eigenvalue weighted by molar-refractivity contribution is -0.153. The minimum absolute atomic E-state index is 0.190. The van der Waals surface area contributed by atoms with Gasteiger partial charge in [-0.05, 0) is 6.92 Å². The minimum atomic E-state index is -1.12. The Bertz CT molecular complexity index is 263. The second-order valence-electron chi connectivity index (χ2n) is 2.95. The maximum Gasteiger partial charge on any atom is 0.323 e. The lowest BCUT2D eigenvalue weighted by Gasteiger charge is -2.29. The number of nitrogens with one attached hydrogen (secondary N) is 1. The van der Waals surface area contributed by atoms with E-state index in [1.807, 2.05) is 0 Å². The summed E-state index contributed by atoms with van der Waals surface area (Å²) in [5.41, 5.74) is 0. The largest absolute Gasteiger partial charge is 0.480 e. The zero-order chi connectivity index (χ0) is 10.0. The van der Waals surface area contributed by atoms with Gasteiger partial charge in [-0.1, -0.05) is 0 Å². The molecule has 72 valence electrons. The fourth-order valence-electron chi connectivity index (χ4n) is 1.19. The molecule has 0 aromatic carbocycles. The van der Waals surface area contributed by atoms with Gasteiger partial charge in [0.15, 0.2) is 0 Å². The summed E-state index contributed by atoms with van der Waals surface area (Å²) in [6.45, 7) is 1.53. The molecule has 0 aromatic heterocycles. The Morgan fingerprint density at radius 3 is 2.85 bits per heavy atom. The van der Waals surface area contributed by atoms with Gasteiger partial charge < -0.3 is 15.3 Å². The monoisotopic (exact) mass is 186 g/mol. The van der Waals surface area contributed by atoms with Gasteiger partial charge in [0.2, 0.25) is 0 Å². The van der Waals surface area contributed by atoms with Gasteiger partial charge in [0.1, 0.15) is 6.54 Å². The number of carbonyl (C=O) groups is 3. The average Bonchev–Trinajstić information content (AvgIpc) is 1.98. The summed E-state index contributed by atoms with van der Waals surface area (Å²) in [5, 5.41) is 10.8. The summed E-state index contributed by atoms with van der Waals surface area (Å²) in [7, 11) is 0. The highest BCUT2D eigenvalue weighted by Gasteiger charge is 2.30. The molecule has 0 saturated carbocycles. The van der Waals surface area contributed by atoms with Crippen molar-refractivity contribution in [1.82, 2.24) is 10.2 Å². The summed E-state index contributed by atoms with van der Waals surface area (Å²) in [5.74, 6) is -2.63. The lowest BCUT2D eigenvalue weighted by Crippen LogP contribution is -2.57. The third-order valence-corrected chi connectivity index (χ3v) is 1.68. The molecule has 1 aliphatic rings. The van der Waals surface area contributed by atoms with E-state index in [1.54, 1.807) is 6.92 Å². The molecule has 0 radical (unpaired) electrons. The molecule has 0 bridgehead atoms. The van der Waals surface area contributed by atoms with Crippen LogP contribution >= 0.6 is 0 Å². The van der Waals surface area contributed by atoms with E-state index < -0.39 is 24.3 Å². The molecule has 1 rings (SSSR count). The smallest absolute Gasteiger partial charge is 0.323 e. The van der Waals surface area contributed by atoms with E-state index in [1.165, 1.54) is 0 Å². The van der Waals surface area contributed by atoms with Crippen molar-refractivity contribution < 1.29 is 19.5 Å². The molecule has 2 amide bonds. The fourth-order valence-corrected chi connectivity index (χ4v) is 1.19. The third-order valence-electron chi connectivity index (χ3n) is 1.68. The molecule has 0 aromatic rings. The van der Waals surface area contributed by atoms with Crippen LogP contribution < -0.4 is 5.32 Å². The number of carboxylic acids is 1. The molecule has 1 fully saturated rings. The highest BCUT2D eigenvalue weighted by atomic mass is 16.4. The first-order valence-electron chi connectivity index (χ1n) is 3.82. The van der Waals surface area contributed by atoms with Crippen molar-refractivity contribution in [2.75, 3.05) is 13.1 Å². The molecule has 13 heavy (non-hydrogen) atoms. The molecule has 1 unspecified atom stereocenters. The van der Waals surface area contributed by atoms with Crippen molar-refractivity contribution >= 4 is 17.8 Å². The Balaban J connectivity index is 2.66. The average molecular weight is 186 g/mol. The Morgan fingerprint density at radius 2 is 2.31 bits per heavy atom. The van der Waals surface area contributed by atoms with E-state index in [4.69, 9.17) is 5.11 Å². The Labute approximate surface area is 74.5 Å². The quantitative estimate of drug-likeness (QED) is 0.509. The molecule has 1 atom stereocenters. The van der Waals surface area contributed by atoms with Gasteiger partial charge in [-0.25, -0.2) is 0 Å². The number of carbonyl (C=O) groups excluding carboxylic acids is 2. The molecule has 6 heteroatoms. The van der Waals surface area contributed by atoms with Crippen LogP contribution in [-0.4, -0.2) is 46.9 Å². The number of hydrogen-bond donors (Lipinski definition) is 2. The van der Waals surface area contributed by atoms with Crippen molar-refractivity contribution in [1.29, 1.82) is 0 Å². The normalized spacial score (nSPS) is 22.8. The highest BCUT2D eigenvalue weighted by Crippen LogP contribution is 2.00. The van der Waals surface area contributed by atoms with Crippen LogP contribution in [0, 0.1) is 0 Å². The van der Waals surface area contributed by atoms with Crippen LogP contribution in [0.15, 0.2) is 0 Å². The molecule has 0 spiro atoms. The molecular formula is C7H10N2O4. The number of carboxylic acid groups (broad SMARTS) is 1. The van der Waals surface area contributed by atoms with Gasteiger partial charge >= 0.3 is 17.8 Å². The maximum atomic E-state index is 11.1. The second-order valence-corrected chi connectivity index (χ2v) is 2.95. The van der Waals surface area contributed by atoms with Crippen molar-refractivity contribution in [3.8, 4) is 0 Å². The number of amides is 2. The first-order valence-corrected chi connectivity index (χ1v) is 3.82. The van der Waals surface area contributed by atoms with Crippen LogP contribution in [0.5, 0.6) is 0 Å². The Kier molecular flexibility index (Phi) is 2.50. The second kappa shape index (κ2) is 3.42. The zero-order valence-corrected chi connectivity index (χ0v) is 7.11. The fraction of sp³-hybridized carbons (Fsp3) is 0.571. The van der Waals surface area contributed by atoms with Crippen molar-refractivity contribution in [2.24, 2.45) is 0 Å². The van der Waals surface area contributed by atoms with Gasteiger partial charge in [-0.15, -0.1) is 0 Å². The molecular weight excluding hydrogens is 176 g/mol. The molecule has 1 saturated heterocycles. The number of hydrogen-bond acceptors (Lipinski definition) is 3. The van der Waals surface area contributed by atoms with Gasteiger partial charge in [0.05, 0.1) is 0 Å². The first kappa shape index (κ1) is 9.50. The van der Waals surface area contributed by atoms with Crippen LogP contribution in [0.3, 0.4) is 0 Å². The summed E-state index contributed by atoms with van der Waals surface area (Å²) < 4.78 is 0. The van der Waals surface area contributed by atoms with E-state index in [0.717, 1.165) is 4.90 Å². The van der Waals surface area contributed by atoms with Crippen LogP contribution in [0.2, 0.25) is 0 Å². The van der Waals surface area contributed by atoms with Crippen LogP contribution in [0.25, 0.3) is 0 Å². The Morgan fingerprint density at radius 1 is 1.69 bits per heavy atom. The number of nitrogens with zero attached hydrogens (tertiary/aromatic N) is 1. The van der Waals surface area contributed by atoms with E-state index in [0.29, 0.717) is 0 Å². The number of rotatable bonds is 2. The highest BCUT2D eigenvalue weighted by molar-refractivity contribution is 6.35. The standard InChI is InChI=1S/C7H10N2O4/c1-4-2-9(3-5(10)11)7(13)6(12)8-4/h4H,2-3H2,1H3,(H,8,12)(H,10,11). The van der Waals surface area contributed by atoms with Gasteiger partial charge in [-0.2, -0.15) is 0 Å². The van der Waals surface area contributed by atoms with E-state index in [2.05, 4.69) is 5.32 Å². The predicted molar refractivity (Wildman–Crippen MR) is 41.8 cm³/mol. The summed E-state index contributed by atoms with van der Waals surface area (Å²) in [6.07, 6.45) is 0. The van der Waals surface area contributed by atoms with Crippen LogP contribution in [-0.2, 0) is 14.4 Å². The molecule has 2 N–H and O–H groups in total. The van der Waals surface area contributed by atoms with E-state index in [-0.39, 0.29) is 12.6 Å². The molecule has 6 nitrogen and oxygen atoms in total. The molecule has 0 aliphatic carbocycles. The molecule has 1 aliphatic heterocycles. The van der Waals surface area contributed by atoms with Gasteiger partial charge in [-0.3, -0.25) is 14.4 Å². The number of aliphatic carboxylic acids is 1. The maximum absolute atomic E-state index is 11.1. The topological polar surface area (TPSA) is 86.7 Å². The van der Waals surface area contributed by atoms with E-state index in [9.17, 15) is 14.4 Å². The summed E-state index contributed by atoms with van der Waals surface area (Å²) in [4.78, 5) is 33.3. The first-order chi connectivity index (χ1) is 6.00. The minimum Gasteiger partial charge on any atom is -0.480 e. The van der Waals surface area contributed by atoms with Crippen LogP contribution in [0.4, 0.5) is 0 Å². The van der Waals surface area contributed by atoms with Crippen molar-refractivity contribution in [2.45, 2.75) is 13.0 Å². The Hall–Kier alpha value is -1.59. The van der Waals surface area contributed by atoms with Crippen LogP contribution in [0.1, 0.15) is 6.92 Å². The van der Waals surface area contributed by atoms with Crippen molar-refractivity contribution in [3.63, 3.8) is 0 Å². The van der Waals surface area contributed by atoms with Gasteiger partial charge in [0.25, 0.3) is 0 Å². The summed E-state index contributed by atoms with van der Waals surface area (Å²) >= 11 is 0. The zero-order valence-electron chi connectivity index (χ0n) is 7.11. The van der Waals surface area contributed by atoms with E-state index >= 15 is 0 Å². The third kappa shape index (κ3) is 2.17. The van der Waals surface area contributed by atoms with Crippen molar-refractivity contribution in [3.05, 3.63) is 0 Å². The summed E-state index contributed by atoms with van der Waals surface area (Å²) in [6, 6.07) is -0.190. The SMILES string of the molecule is CC1CN(CC(=O)O)C(=O)C(=O)N1. The van der Waals surface area contributed by atoms with Gasteiger partial charge in [0, 0.05) is 12.6 Å². The predicted octanol–water partition coefficient (Wildman–Crippen LogP) is -1.58.